The maximum Gasteiger partial charge on any atom is 0.220 e. The van der Waals surface area contributed by atoms with Gasteiger partial charge in [0.2, 0.25) is 5.91 Å². The van der Waals surface area contributed by atoms with Crippen molar-refractivity contribution in [2.75, 3.05) is 32.8 Å². The Hall–Kier alpha value is -1.55. The number of para-hydroxylation sites is 1. The number of nitrogens with zero attached hydrogens (tertiary/aromatic N) is 1. The van der Waals surface area contributed by atoms with Crippen LogP contribution in [0.5, 0.6) is 5.75 Å². The van der Waals surface area contributed by atoms with Crippen LogP contribution in [0.25, 0.3) is 0 Å². The third-order valence-corrected chi connectivity index (χ3v) is 3.68. The van der Waals surface area contributed by atoms with Gasteiger partial charge in [-0.25, -0.2) is 0 Å². The lowest BCUT2D eigenvalue weighted by Crippen LogP contribution is -2.27. The van der Waals surface area contributed by atoms with Gasteiger partial charge in [0.05, 0.1) is 6.61 Å². The summed E-state index contributed by atoms with van der Waals surface area (Å²) in [5.74, 6) is 0.985. The molecule has 0 fully saturated rings. The number of benzene rings is 1. The summed E-state index contributed by atoms with van der Waals surface area (Å²) in [6.45, 7) is 9.05. The third-order valence-electron chi connectivity index (χ3n) is 3.68. The smallest absolute Gasteiger partial charge is 0.220 e. The quantitative estimate of drug-likeness (QED) is 0.603. The van der Waals surface area contributed by atoms with E-state index in [1.165, 1.54) is 0 Å². The number of amides is 1. The van der Waals surface area contributed by atoms with E-state index >= 15 is 0 Å². The van der Waals surface area contributed by atoms with Crippen molar-refractivity contribution in [1.82, 2.24) is 10.2 Å². The van der Waals surface area contributed by atoms with Gasteiger partial charge in [0, 0.05) is 13.0 Å². The van der Waals surface area contributed by atoms with E-state index in [0.717, 1.165) is 51.2 Å². The second-order valence-corrected chi connectivity index (χ2v) is 5.35. The van der Waals surface area contributed by atoms with Crippen molar-refractivity contribution in [2.24, 2.45) is 0 Å². The van der Waals surface area contributed by atoms with Crippen LogP contribution < -0.4 is 10.1 Å². The van der Waals surface area contributed by atoms with Gasteiger partial charge in [-0.05, 0) is 51.0 Å². The molecule has 0 spiro atoms. The van der Waals surface area contributed by atoms with Crippen molar-refractivity contribution in [2.45, 2.75) is 39.5 Å². The number of ether oxygens (including phenoxy) is 1. The van der Waals surface area contributed by atoms with E-state index in [9.17, 15) is 4.79 Å². The summed E-state index contributed by atoms with van der Waals surface area (Å²) in [5, 5.41) is 2.98. The van der Waals surface area contributed by atoms with Gasteiger partial charge in [0.1, 0.15) is 5.75 Å². The van der Waals surface area contributed by atoms with Gasteiger partial charge in [0.15, 0.2) is 0 Å². The van der Waals surface area contributed by atoms with Gasteiger partial charge in [-0.1, -0.05) is 32.0 Å². The summed E-state index contributed by atoms with van der Waals surface area (Å²) in [6, 6.07) is 9.70. The van der Waals surface area contributed by atoms with E-state index < -0.39 is 0 Å². The predicted octanol–water partition coefficient (Wildman–Crippen LogP) is 3.08. The van der Waals surface area contributed by atoms with Crippen LogP contribution in [-0.4, -0.2) is 43.6 Å². The fourth-order valence-electron chi connectivity index (χ4n) is 2.26. The second kappa shape index (κ2) is 12.0. The van der Waals surface area contributed by atoms with Crippen LogP contribution in [0.1, 0.15) is 39.5 Å². The number of hydrogen-bond donors (Lipinski definition) is 1. The van der Waals surface area contributed by atoms with Crippen molar-refractivity contribution >= 4 is 5.91 Å². The molecule has 0 aliphatic rings. The first-order valence-electron chi connectivity index (χ1n) is 8.43. The molecule has 0 radical (unpaired) electrons. The van der Waals surface area contributed by atoms with E-state index in [2.05, 4.69) is 24.1 Å². The van der Waals surface area contributed by atoms with Crippen molar-refractivity contribution in [3.8, 4) is 5.75 Å². The molecule has 4 heteroatoms. The van der Waals surface area contributed by atoms with E-state index in [4.69, 9.17) is 4.74 Å². The summed E-state index contributed by atoms with van der Waals surface area (Å²) in [4.78, 5) is 14.1. The second-order valence-electron chi connectivity index (χ2n) is 5.35. The van der Waals surface area contributed by atoms with E-state index in [1.54, 1.807) is 0 Å². The van der Waals surface area contributed by atoms with Crippen LogP contribution in [-0.2, 0) is 4.79 Å². The molecule has 0 aliphatic heterocycles. The molecule has 0 aliphatic carbocycles. The van der Waals surface area contributed by atoms with Gasteiger partial charge >= 0.3 is 0 Å². The number of nitrogens with one attached hydrogen (secondary N) is 1. The molecule has 0 unspecified atom stereocenters. The zero-order valence-corrected chi connectivity index (χ0v) is 14.0. The van der Waals surface area contributed by atoms with Crippen molar-refractivity contribution in [1.29, 1.82) is 0 Å². The van der Waals surface area contributed by atoms with Gasteiger partial charge in [0.25, 0.3) is 0 Å². The molecule has 1 N–H and O–H groups in total. The Morgan fingerprint density at radius 1 is 1.09 bits per heavy atom. The third kappa shape index (κ3) is 8.67. The molecule has 1 amide bonds. The molecule has 0 saturated heterocycles. The molecule has 124 valence electrons. The zero-order valence-electron chi connectivity index (χ0n) is 14.0. The minimum Gasteiger partial charge on any atom is -0.494 e. The standard InChI is InChI=1S/C18H30N2O2/c1-3-20(4-2)15-9-8-14-19-18(21)13-10-16-22-17-11-6-5-7-12-17/h5-7,11-12H,3-4,8-10,13-16H2,1-2H3,(H,19,21). The zero-order chi connectivity index (χ0) is 16.0. The Labute approximate surface area is 134 Å². The van der Waals surface area contributed by atoms with E-state index in [0.29, 0.717) is 13.0 Å². The average Bonchev–Trinajstić information content (AvgIpc) is 2.56. The van der Waals surface area contributed by atoms with Crippen molar-refractivity contribution in [3.63, 3.8) is 0 Å². The van der Waals surface area contributed by atoms with Gasteiger partial charge in [-0.15, -0.1) is 0 Å². The van der Waals surface area contributed by atoms with Crippen LogP contribution in [0.2, 0.25) is 0 Å². The molecule has 0 bridgehead atoms. The topological polar surface area (TPSA) is 41.6 Å². The molecule has 0 heterocycles. The van der Waals surface area contributed by atoms with Crippen LogP contribution >= 0.6 is 0 Å². The Bertz CT molecular complexity index is 391. The summed E-state index contributed by atoms with van der Waals surface area (Å²) < 4.78 is 5.56. The Morgan fingerprint density at radius 3 is 2.50 bits per heavy atom. The van der Waals surface area contributed by atoms with Gasteiger partial charge < -0.3 is 15.0 Å². The monoisotopic (exact) mass is 306 g/mol. The first kappa shape index (κ1) is 18.5. The Kier molecular flexibility index (Phi) is 10.1. The fourth-order valence-corrected chi connectivity index (χ4v) is 2.26. The molecular formula is C18H30N2O2. The summed E-state index contributed by atoms with van der Waals surface area (Å²) >= 11 is 0. The predicted molar refractivity (Wildman–Crippen MR) is 91.2 cm³/mol. The molecule has 4 nitrogen and oxygen atoms in total. The normalized spacial score (nSPS) is 10.7. The number of carbonyl (C=O) groups excluding carboxylic acids is 1. The SMILES string of the molecule is CCN(CC)CCCCNC(=O)CCCOc1ccccc1. The lowest BCUT2D eigenvalue weighted by atomic mass is 10.2. The highest BCUT2D eigenvalue weighted by molar-refractivity contribution is 5.75. The highest BCUT2D eigenvalue weighted by Crippen LogP contribution is 2.08. The first-order valence-corrected chi connectivity index (χ1v) is 8.43. The molecule has 22 heavy (non-hydrogen) atoms. The van der Waals surface area contributed by atoms with Crippen LogP contribution in [0.15, 0.2) is 30.3 Å². The van der Waals surface area contributed by atoms with Crippen LogP contribution in [0, 0.1) is 0 Å². The summed E-state index contributed by atoms with van der Waals surface area (Å²) in [7, 11) is 0. The molecule has 0 saturated carbocycles. The minimum atomic E-state index is 0.125. The van der Waals surface area contributed by atoms with Crippen molar-refractivity contribution < 1.29 is 9.53 Å². The first-order chi connectivity index (χ1) is 10.8. The fraction of sp³-hybridized carbons (Fsp3) is 0.611. The maximum atomic E-state index is 11.7. The van der Waals surface area contributed by atoms with Gasteiger partial charge in [-0.2, -0.15) is 0 Å². The molecule has 1 aromatic rings. The summed E-state index contributed by atoms with van der Waals surface area (Å²) in [6.07, 6.45) is 3.46. The number of unbranched alkanes of at least 4 members (excludes halogenated alkanes) is 1. The Balaban J connectivity index is 1.95. The largest absolute Gasteiger partial charge is 0.494 e. The number of carbonyl (C=O) groups is 1. The van der Waals surface area contributed by atoms with E-state index in [-0.39, 0.29) is 5.91 Å². The van der Waals surface area contributed by atoms with Crippen LogP contribution in [0.3, 0.4) is 0 Å². The summed E-state index contributed by atoms with van der Waals surface area (Å²) in [5.41, 5.74) is 0. The highest BCUT2D eigenvalue weighted by atomic mass is 16.5. The molecule has 1 rings (SSSR count). The lowest BCUT2D eigenvalue weighted by molar-refractivity contribution is -0.121. The average molecular weight is 306 g/mol. The molecule has 0 atom stereocenters. The maximum absolute atomic E-state index is 11.7. The lowest BCUT2D eigenvalue weighted by Gasteiger charge is -2.17. The number of hydrogen-bond acceptors (Lipinski definition) is 3. The molecule has 0 aromatic heterocycles. The molecular weight excluding hydrogens is 276 g/mol. The highest BCUT2D eigenvalue weighted by Gasteiger charge is 2.02. The minimum absolute atomic E-state index is 0.125. The van der Waals surface area contributed by atoms with Crippen molar-refractivity contribution in [3.05, 3.63) is 30.3 Å². The van der Waals surface area contributed by atoms with Crippen LogP contribution in [0.4, 0.5) is 0 Å². The molecule has 1 aromatic carbocycles. The Morgan fingerprint density at radius 2 is 1.82 bits per heavy atom. The number of rotatable bonds is 12. The van der Waals surface area contributed by atoms with E-state index in [1.807, 2.05) is 30.3 Å². The van der Waals surface area contributed by atoms with Gasteiger partial charge in [-0.3, -0.25) is 4.79 Å².